The molecule has 1 saturated heterocycles. The zero-order valence-electron chi connectivity index (χ0n) is 14.6. The molecule has 1 aliphatic heterocycles. The summed E-state index contributed by atoms with van der Waals surface area (Å²) in [5.41, 5.74) is 0.436. The third-order valence-electron chi connectivity index (χ3n) is 3.82. The van der Waals surface area contributed by atoms with Crippen LogP contribution in [-0.4, -0.2) is 36.8 Å². The summed E-state index contributed by atoms with van der Waals surface area (Å²) in [5, 5.41) is 4.45. The van der Waals surface area contributed by atoms with Gasteiger partial charge in [-0.3, -0.25) is 0 Å². The summed E-state index contributed by atoms with van der Waals surface area (Å²) in [7, 11) is 0. The Kier molecular flexibility index (Phi) is 6.20. The highest BCUT2D eigenvalue weighted by atomic mass is 16.7. The molecule has 6 nitrogen and oxygen atoms in total. The molecule has 0 aromatic heterocycles. The molecule has 1 N–H and O–H groups in total. The topological polar surface area (TPSA) is 67.9 Å². The van der Waals surface area contributed by atoms with E-state index in [1.165, 1.54) is 0 Å². The summed E-state index contributed by atoms with van der Waals surface area (Å²) in [6.07, 6.45) is 0.445. The van der Waals surface area contributed by atoms with Crippen LogP contribution in [0.2, 0.25) is 0 Å². The van der Waals surface area contributed by atoms with E-state index < -0.39 is 11.5 Å². The van der Waals surface area contributed by atoms with Crippen molar-refractivity contribution in [3.8, 4) is 0 Å². The molecule has 0 spiro atoms. The van der Waals surface area contributed by atoms with E-state index >= 15 is 0 Å². The molecule has 0 bridgehead atoms. The molecule has 1 heterocycles. The minimum absolute atomic E-state index is 0.238. The van der Waals surface area contributed by atoms with Crippen LogP contribution in [0.25, 0.3) is 0 Å². The highest BCUT2D eigenvalue weighted by Gasteiger charge is 2.30. The van der Waals surface area contributed by atoms with Crippen LogP contribution in [0.4, 0.5) is 4.79 Å². The lowest BCUT2D eigenvalue weighted by Crippen LogP contribution is -2.34. The highest BCUT2D eigenvalue weighted by molar-refractivity contribution is 5.75. The van der Waals surface area contributed by atoms with Crippen molar-refractivity contribution in [2.24, 2.45) is 11.3 Å². The van der Waals surface area contributed by atoms with Gasteiger partial charge in [0.1, 0.15) is 6.61 Å². The number of nitrogens with zero attached hydrogens (tertiary/aromatic N) is 1. The van der Waals surface area contributed by atoms with Crippen molar-refractivity contribution in [1.29, 1.82) is 0 Å². The molecule has 2 rings (SSSR count). The first-order valence-electron chi connectivity index (χ1n) is 8.26. The zero-order valence-corrected chi connectivity index (χ0v) is 14.6. The SMILES string of the molecule is CC(C)(C)C(=O)ON1CCC(CNC(=O)OCc2ccccc2)C1. The van der Waals surface area contributed by atoms with Crippen LogP contribution < -0.4 is 5.32 Å². The second kappa shape index (κ2) is 8.15. The van der Waals surface area contributed by atoms with Gasteiger partial charge in [-0.15, -0.1) is 5.06 Å². The number of alkyl carbamates (subject to hydrolysis) is 1. The normalized spacial score (nSPS) is 18.2. The summed E-state index contributed by atoms with van der Waals surface area (Å²) in [4.78, 5) is 29.0. The molecule has 1 aromatic carbocycles. The van der Waals surface area contributed by atoms with E-state index in [2.05, 4.69) is 5.32 Å². The number of hydrogen-bond acceptors (Lipinski definition) is 5. The number of ether oxygens (including phenoxy) is 1. The Morgan fingerprint density at radius 3 is 2.62 bits per heavy atom. The summed E-state index contributed by atoms with van der Waals surface area (Å²) in [6, 6.07) is 9.55. The fourth-order valence-electron chi connectivity index (χ4n) is 2.30. The standard InChI is InChI=1S/C18H26N2O4/c1-18(2,3)16(21)24-20-10-9-15(12-20)11-19-17(22)23-13-14-7-5-4-6-8-14/h4-8,15H,9-13H2,1-3H3,(H,19,22). The van der Waals surface area contributed by atoms with Crippen LogP contribution in [0.5, 0.6) is 0 Å². The fourth-order valence-corrected chi connectivity index (χ4v) is 2.30. The third kappa shape index (κ3) is 5.85. The van der Waals surface area contributed by atoms with Crippen molar-refractivity contribution in [3.63, 3.8) is 0 Å². The Balaban J connectivity index is 1.64. The summed E-state index contributed by atoms with van der Waals surface area (Å²) >= 11 is 0. The van der Waals surface area contributed by atoms with E-state index in [1.54, 1.807) is 5.06 Å². The minimum Gasteiger partial charge on any atom is -0.445 e. The molecule has 24 heavy (non-hydrogen) atoms. The number of carbonyl (C=O) groups excluding carboxylic acids is 2. The van der Waals surface area contributed by atoms with Crippen LogP contribution in [0, 0.1) is 11.3 Å². The molecular formula is C18H26N2O4. The summed E-state index contributed by atoms with van der Waals surface area (Å²) in [5.74, 6) is 0.0143. The Hall–Kier alpha value is -2.08. The van der Waals surface area contributed by atoms with Crippen molar-refractivity contribution < 1.29 is 19.2 Å². The molecule has 0 aliphatic carbocycles. The number of rotatable bonds is 5. The van der Waals surface area contributed by atoms with Crippen LogP contribution in [0.3, 0.4) is 0 Å². The molecule has 1 aliphatic rings. The highest BCUT2D eigenvalue weighted by Crippen LogP contribution is 2.20. The fraction of sp³-hybridized carbons (Fsp3) is 0.556. The van der Waals surface area contributed by atoms with Gasteiger partial charge in [-0.1, -0.05) is 30.3 Å². The van der Waals surface area contributed by atoms with Crippen molar-refractivity contribution >= 4 is 12.1 Å². The number of nitrogens with one attached hydrogen (secondary N) is 1. The second-order valence-corrected chi connectivity index (χ2v) is 7.11. The van der Waals surface area contributed by atoms with E-state index in [9.17, 15) is 9.59 Å². The first-order valence-corrected chi connectivity index (χ1v) is 8.26. The van der Waals surface area contributed by atoms with Gasteiger partial charge in [0.25, 0.3) is 0 Å². The first-order chi connectivity index (χ1) is 11.3. The Bertz CT molecular complexity index is 554. The van der Waals surface area contributed by atoms with Gasteiger partial charge < -0.3 is 14.9 Å². The Morgan fingerprint density at radius 2 is 1.96 bits per heavy atom. The number of hydrogen-bond donors (Lipinski definition) is 1. The van der Waals surface area contributed by atoms with E-state index in [0.29, 0.717) is 19.6 Å². The maximum atomic E-state index is 11.9. The number of benzene rings is 1. The van der Waals surface area contributed by atoms with Crippen molar-refractivity contribution in [2.75, 3.05) is 19.6 Å². The summed E-state index contributed by atoms with van der Waals surface area (Å²) in [6.45, 7) is 7.56. The van der Waals surface area contributed by atoms with Crippen molar-refractivity contribution in [1.82, 2.24) is 10.4 Å². The van der Waals surface area contributed by atoms with E-state index in [4.69, 9.17) is 9.57 Å². The van der Waals surface area contributed by atoms with Crippen LogP contribution in [-0.2, 0) is 21.0 Å². The van der Waals surface area contributed by atoms with Gasteiger partial charge in [0.2, 0.25) is 0 Å². The van der Waals surface area contributed by atoms with Gasteiger partial charge in [-0.05, 0) is 38.7 Å². The Morgan fingerprint density at radius 1 is 1.25 bits per heavy atom. The summed E-state index contributed by atoms with van der Waals surface area (Å²) < 4.78 is 5.17. The lowest BCUT2D eigenvalue weighted by atomic mass is 9.98. The van der Waals surface area contributed by atoms with Gasteiger partial charge in [-0.25, -0.2) is 9.59 Å². The van der Waals surface area contributed by atoms with Gasteiger partial charge in [0, 0.05) is 19.6 Å². The Labute approximate surface area is 143 Å². The molecule has 6 heteroatoms. The van der Waals surface area contributed by atoms with Crippen LogP contribution in [0.1, 0.15) is 32.8 Å². The maximum Gasteiger partial charge on any atom is 0.407 e. The van der Waals surface area contributed by atoms with Gasteiger partial charge in [0.05, 0.1) is 5.41 Å². The van der Waals surface area contributed by atoms with E-state index in [-0.39, 0.29) is 18.5 Å². The lowest BCUT2D eigenvalue weighted by Gasteiger charge is -2.22. The van der Waals surface area contributed by atoms with Gasteiger partial charge in [0.15, 0.2) is 0 Å². The van der Waals surface area contributed by atoms with Crippen molar-refractivity contribution in [3.05, 3.63) is 35.9 Å². The molecule has 0 radical (unpaired) electrons. The molecular weight excluding hydrogens is 308 g/mol. The van der Waals surface area contributed by atoms with Crippen LogP contribution >= 0.6 is 0 Å². The smallest absolute Gasteiger partial charge is 0.407 e. The van der Waals surface area contributed by atoms with E-state index in [1.807, 2.05) is 51.1 Å². The molecule has 1 fully saturated rings. The minimum atomic E-state index is -0.516. The number of carbonyl (C=O) groups is 2. The monoisotopic (exact) mass is 334 g/mol. The predicted octanol–water partition coefficient (Wildman–Crippen LogP) is 2.74. The van der Waals surface area contributed by atoms with Gasteiger partial charge >= 0.3 is 12.1 Å². The zero-order chi connectivity index (χ0) is 17.6. The third-order valence-corrected chi connectivity index (χ3v) is 3.82. The molecule has 1 unspecified atom stereocenters. The largest absolute Gasteiger partial charge is 0.445 e. The second-order valence-electron chi connectivity index (χ2n) is 7.11. The maximum absolute atomic E-state index is 11.9. The van der Waals surface area contributed by atoms with Crippen molar-refractivity contribution in [2.45, 2.75) is 33.8 Å². The molecule has 1 atom stereocenters. The van der Waals surface area contributed by atoms with Crippen LogP contribution in [0.15, 0.2) is 30.3 Å². The molecule has 0 saturated carbocycles. The van der Waals surface area contributed by atoms with E-state index in [0.717, 1.165) is 12.0 Å². The van der Waals surface area contributed by atoms with Gasteiger partial charge in [-0.2, -0.15) is 0 Å². The quantitative estimate of drug-likeness (QED) is 0.897. The first kappa shape index (κ1) is 18.3. The molecule has 1 aromatic rings. The number of amides is 1. The number of hydroxylamine groups is 2. The lowest BCUT2D eigenvalue weighted by molar-refractivity contribution is -0.195. The molecule has 132 valence electrons. The average molecular weight is 334 g/mol. The molecule has 1 amide bonds. The predicted molar refractivity (Wildman–Crippen MR) is 89.9 cm³/mol. The average Bonchev–Trinajstić information content (AvgIpc) is 2.98.